The molecule has 8 heteroatoms. The molecule has 0 aliphatic rings. The third-order valence-corrected chi connectivity index (χ3v) is 6.16. The van der Waals surface area contributed by atoms with E-state index < -0.39 is 5.91 Å². The number of ether oxygens (including phenoxy) is 3. The van der Waals surface area contributed by atoms with Gasteiger partial charge in [0.15, 0.2) is 0 Å². The Labute approximate surface area is 224 Å². The van der Waals surface area contributed by atoms with Crippen molar-refractivity contribution in [2.45, 2.75) is 6.61 Å². The van der Waals surface area contributed by atoms with Crippen molar-refractivity contribution in [1.29, 1.82) is 5.26 Å². The summed E-state index contributed by atoms with van der Waals surface area (Å²) >= 11 is 12.2. The van der Waals surface area contributed by atoms with Gasteiger partial charge in [0.2, 0.25) is 0 Å². The molecule has 0 saturated carbocycles. The molecule has 4 rings (SSSR count). The van der Waals surface area contributed by atoms with E-state index >= 15 is 0 Å². The van der Waals surface area contributed by atoms with Gasteiger partial charge >= 0.3 is 0 Å². The molecule has 0 spiro atoms. The number of benzene rings is 4. The molecule has 186 valence electrons. The average molecular weight is 533 g/mol. The van der Waals surface area contributed by atoms with Crippen molar-refractivity contribution in [2.75, 3.05) is 19.5 Å². The number of rotatable bonds is 8. The van der Waals surface area contributed by atoms with Gasteiger partial charge in [-0.2, -0.15) is 5.26 Å². The molecule has 0 unspecified atom stereocenters. The number of amides is 1. The first-order valence-electron chi connectivity index (χ1n) is 11.2. The van der Waals surface area contributed by atoms with E-state index in [1.54, 1.807) is 12.1 Å². The Kier molecular flexibility index (Phi) is 8.19. The molecular formula is C29H22Cl2N2O4. The molecular weight excluding hydrogens is 511 g/mol. The van der Waals surface area contributed by atoms with E-state index in [9.17, 15) is 10.1 Å². The summed E-state index contributed by atoms with van der Waals surface area (Å²) in [6, 6.07) is 23.8. The Bertz CT molecular complexity index is 1530. The zero-order valence-electron chi connectivity index (χ0n) is 20.0. The summed E-state index contributed by atoms with van der Waals surface area (Å²) in [6.45, 7) is 0.284. The first kappa shape index (κ1) is 25.9. The van der Waals surface area contributed by atoms with Crippen LogP contribution in [0, 0.1) is 11.3 Å². The molecule has 37 heavy (non-hydrogen) atoms. The maximum atomic E-state index is 13.2. The second-order valence-corrected chi connectivity index (χ2v) is 8.77. The molecule has 4 aromatic carbocycles. The van der Waals surface area contributed by atoms with E-state index in [1.165, 1.54) is 32.4 Å². The molecule has 0 saturated heterocycles. The highest BCUT2D eigenvalue weighted by molar-refractivity contribution is 6.32. The second kappa shape index (κ2) is 11.7. The van der Waals surface area contributed by atoms with Crippen molar-refractivity contribution in [1.82, 2.24) is 0 Å². The van der Waals surface area contributed by atoms with Crippen LogP contribution >= 0.6 is 23.2 Å². The predicted octanol–water partition coefficient (Wildman–Crippen LogP) is 7.29. The summed E-state index contributed by atoms with van der Waals surface area (Å²) in [5.74, 6) is 0.586. The number of anilines is 1. The molecule has 0 fully saturated rings. The van der Waals surface area contributed by atoms with E-state index in [4.69, 9.17) is 37.4 Å². The first-order chi connectivity index (χ1) is 17.9. The zero-order valence-corrected chi connectivity index (χ0v) is 21.6. The minimum Gasteiger partial charge on any atom is -0.495 e. The minimum absolute atomic E-state index is 0.122. The van der Waals surface area contributed by atoms with Crippen LogP contribution in [-0.2, 0) is 11.4 Å². The highest BCUT2D eigenvalue weighted by atomic mass is 35.5. The summed E-state index contributed by atoms with van der Waals surface area (Å²) in [7, 11) is 2.92. The van der Waals surface area contributed by atoms with Crippen molar-refractivity contribution >= 4 is 51.6 Å². The van der Waals surface area contributed by atoms with E-state index in [2.05, 4.69) is 5.32 Å². The number of nitriles is 1. The van der Waals surface area contributed by atoms with Gasteiger partial charge in [-0.15, -0.1) is 0 Å². The number of halogens is 2. The summed E-state index contributed by atoms with van der Waals surface area (Å²) in [6.07, 6.45) is 1.52. The van der Waals surface area contributed by atoms with E-state index in [0.717, 1.165) is 16.3 Å². The van der Waals surface area contributed by atoms with Crippen molar-refractivity contribution in [3.63, 3.8) is 0 Å². The number of carbonyl (C=O) groups excluding carboxylic acids is 1. The number of nitrogens with one attached hydrogen (secondary N) is 1. The molecule has 0 heterocycles. The van der Waals surface area contributed by atoms with Crippen molar-refractivity contribution in [2.24, 2.45) is 0 Å². The topological polar surface area (TPSA) is 80.6 Å². The Morgan fingerprint density at radius 2 is 1.68 bits per heavy atom. The van der Waals surface area contributed by atoms with Gasteiger partial charge in [-0.25, -0.2) is 0 Å². The van der Waals surface area contributed by atoms with Gasteiger partial charge < -0.3 is 19.5 Å². The summed E-state index contributed by atoms with van der Waals surface area (Å²) in [5, 5.41) is 15.4. The molecule has 1 N–H and O–H groups in total. The fourth-order valence-corrected chi connectivity index (χ4v) is 4.09. The van der Waals surface area contributed by atoms with Crippen LogP contribution in [0.2, 0.25) is 10.0 Å². The molecule has 4 aromatic rings. The third kappa shape index (κ3) is 5.97. The van der Waals surface area contributed by atoms with Gasteiger partial charge in [-0.3, -0.25) is 4.79 Å². The average Bonchev–Trinajstić information content (AvgIpc) is 2.92. The van der Waals surface area contributed by atoms with Crippen molar-refractivity contribution in [3.05, 3.63) is 99.5 Å². The third-order valence-electron chi connectivity index (χ3n) is 5.61. The molecule has 0 radical (unpaired) electrons. The largest absolute Gasteiger partial charge is 0.495 e. The van der Waals surface area contributed by atoms with E-state index in [1.807, 2.05) is 54.6 Å². The van der Waals surface area contributed by atoms with Gasteiger partial charge in [-0.05, 0) is 40.6 Å². The fraction of sp³-hybridized carbons (Fsp3) is 0.103. The van der Waals surface area contributed by atoms with Gasteiger partial charge in [-0.1, -0.05) is 65.7 Å². The second-order valence-electron chi connectivity index (χ2n) is 7.92. The Balaban J connectivity index is 1.71. The number of nitrogens with zero attached hydrogens (tertiary/aromatic N) is 1. The summed E-state index contributed by atoms with van der Waals surface area (Å²) in [4.78, 5) is 13.2. The van der Waals surface area contributed by atoms with Crippen LogP contribution < -0.4 is 19.5 Å². The van der Waals surface area contributed by atoms with Crippen LogP contribution in [0.1, 0.15) is 11.1 Å². The Morgan fingerprint density at radius 3 is 2.38 bits per heavy atom. The highest BCUT2D eigenvalue weighted by Crippen LogP contribution is 2.36. The normalized spacial score (nSPS) is 11.1. The van der Waals surface area contributed by atoms with E-state index in [-0.39, 0.29) is 12.2 Å². The molecule has 6 nitrogen and oxygen atoms in total. The Morgan fingerprint density at radius 1 is 0.946 bits per heavy atom. The van der Waals surface area contributed by atoms with Gasteiger partial charge in [0.25, 0.3) is 5.91 Å². The lowest BCUT2D eigenvalue weighted by molar-refractivity contribution is -0.112. The van der Waals surface area contributed by atoms with Crippen LogP contribution in [0.5, 0.6) is 17.2 Å². The molecule has 0 aliphatic carbocycles. The predicted molar refractivity (Wildman–Crippen MR) is 147 cm³/mol. The zero-order chi connectivity index (χ0) is 26.4. The number of methoxy groups -OCH3 is 2. The van der Waals surface area contributed by atoms with Crippen LogP contribution in [0.4, 0.5) is 5.69 Å². The molecule has 0 atom stereocenters. The monoisotopic (exact) mass is 532 g/mol. The Hall–Kier alpha value is -4.18. The van der Waals surface area contributed by atoms with E-state index in [0.29, 0.717) is 38.5 Å². The summed E-state index contributed by atoms with van der Waals surface area (Å²) < 4.78 is 16.7. The van der Waals surface area contributed by atoms with Crippen molar-refractivity contribution < 1.29 is 19.0 Å². The number of hydrogen-bond acceptors (Lipinski definition) is 5. The number of hydrogen-bond donors (Lipinski definition) is 1. The van der Waals surface area contributed by atoms with Crippen LogP contribution in [0.3, 0.4) is 0 Å². The molecule has 1 amide bonds. The first-order valence-corrected chi connectivity index (χ1v) is 11.9. The van der Waals surface area contributed by atoms with Crippen LogP contribution in [0.15, 0.2) is 78.4 Å². The lowest BCUT2D eigenvalue weighted by Crippen LogP contribution is -2.14. The minimum atomic E-state index is -0.623. The van der Waals surface area contributed by atoms with Gasteiger partial charge in [0.1, 0.15) is 35.5 Å². The standard InChI is InChI=1S/C29H22Cl2N2O4/c1-35-27-15-25(28(36-2)14-24(27)31)33-29(34)20(16-32)13-23-22-6-4-3-5-19(22)9-12-26(23)37-17-18-7-10-21(30)11-8-18/h3-15H,17H2,1-2H3,(H,33,34)/b20-13+. The number of fused-ring (bicyclic) bond motifs is 1. The SMILES string of the molecule is COc1cc(NC(=O)/C(C#N)=C/c2c(OCc3ccc(Cl)cc3)ccc3ccccc23)c(OC)cc1Cl. The molecule has 0 aliphatic heterocycles. The smallest absolute Gasteiger partial charge is 0.266 e. The highest BCUT2D eigenvalue weighted by Gasteiger charge is 2.17. The quantitative estimate of drug-likeness (QED) is 0.190. The van der Waals surface area contributed by atoms with Gasteiger partial charge in [0, 0.05) is 22.7 Å². The molecule has 0 bridgehead atoms. The number of carbonyl (C=O) groups is 1. The maximum absolute atomic E-state index is 13.2. The fourth-order valence-electron chi connectivity index (χ4n) is 3.73. The van der Waals surface area contributed by atoms with Crippen LogP contribution in [-0.4, -0.2) is 20.1 Å². The lowest BCUT2D eigenvalue weighted by atomic mass is 10.0. The summed E-state index contributed by atoms with van der Waals surface area (Å²) in [5.41, 5.74) is 1.73. The maximum Gasteiger partial charge on any atom is 0.266 e. The lowest BCUT2D eigenvalue weighted by Gasteiger charge is -2.14. The van der Waals surface area contributed by atoms with Crippen molar-refractivity contribution in [3.8, 4) is 23.3 Å². The van der Waals surface area contributed by atoms with Crippen LogP contribution in [0.25, 0.3) is 16.8 Å². The van der Waals surface area contributed by atoms with Gasteiger partial charge in [0.05, 0.1) is 24.9 Å². The molecule has 0 aromatic heterocycles.